The molecule has 0 bridgehead atoms. The van der Waals surface area contributed by atoms with Gasteiger partial charge in [0.2, 0.25) is 11.8 Å². The average Bonchev–Trinajstić information content (AvgIpc) is 2.38. The summed E-state index contributed by atoms with van der Waals surface area (Å²) in [6.45, 7) is 6.18. The number of aryl methyl sites for hydroxylation is 1. The van der Waals surface area contributed by atoms with Gasteiger partial charge in [0, 0.05) is 19.5 Å². The van der Waals surface area contributed by atoms with E-state index in [1.165, 1.54) is 11.6 Å². The summed E-state index contributed by atoms with van der Waals surface area (Å²) in [5, 5.41) is 5.35. The fourth-order valence-corrected chi connectivity index (χ4v) is 1.37. The van der Waals surface area contributed by atoms with Crippen LogP contribution in [0.15, 0.2) is 36.9 Å². The monoisotopic (exact) mass is 246 g/mol. The highest BCUT2D eigenvalue weighted by Gasteiger charge is 2.02. The van der Waals surface area contributed by atoms with Crippen molar-refractivity contribution in [3.05, 3.63) is 48.0 Å². The molecule has 0 saturated carbocycles. The number of hydrogen-bond acceptors (Lipinski definition) is 2. The largest absolute Gasteiger partial charge is 0.352 e. The number of carbonyl (C=O) groups is 2. The molecule has 0 heterocycles. The van der Waals surface area contributed by atoms with Crippen molar-refractivity contribution < 1.29 is 9.59 Å². The second-order valence-electron chi connectivity index (χ2n) is 4.01. The van der Waals surface area contributed by atoms with Crippen molar-refractivity contribution in [3.8, 4) is 0 Å². The summed E-state index contributed by atoms with van der Waals surface area (Å²) < 4.78 is 0. The van der Waals surface area contributed by atoms with Crippen LogP contribution in [-0.4, -0.2) is 18.4 Å². The van der Waals surface area contributed by atoms with Gasteiger partial charge in [-0.1, -0.05) is 36.4 Å². The van der Waals surface area contributed by atoms with Crippen LogP contribution in [0.2, 0.25) is 0 Å². The topological polar surface area (TPSA) is 58.2 Å². The molecule has 4 nitrogen and oxygen atoms in total. The Balaban J connectivity index is 2.22. The number of amides is 2. The molecule has 0 aliphatic carbocycles. The molecule has 1 rings (SSSR count). The quantitative estimate of drug-likeness (QED) is 0.743. The fourth-order valence-electron chi connectivity index (χ4n) is 1.37. The van der Waals surface area contributed by atoms with Crippen molar-refractivity contribution in [1.82, 2.24) is 10.6 Å². The molecule has 0 aliphatic heterocycles. The molecule has 0 aromatic heterocycles. The molecule has 0 radical (unpaired) electrons. The highest BCUT2D eigenvalue weighted by atomic mass is 16.2. The van der Waals surface area contributed by atoms with Gasteiger partial charge in [0.1, 0.15) is 0 Å². The first-order valence-electron chi connectivity index (χ1n) is 5.84. The Morgan fingerprint density at radius 1 is 1.22 bits per heavy atom. The lowest BCUT2D eigenvalue weighted by Gasteiger charge is -2.06. The van der Waals surface area contributed by atoms with Crippen molar-refractivity contribution in [1.29, 1.82) is 0 Å². The first-order valence-corrected chi connectivity index (χ1v) is 5.84. The van der Waals surface area contributed by atoms with Gasteiger partial charge in [-0.05, 0) is 18.6 Å². The van der Waals surface area contributed by atoms with Gasteiger partial charge in [0.05, 0.1) is 0 Å². The zero-order chi connectivity index (χ0) is 13.4. The van der Waals surface area contributed by atoms with Crippen molar-refractivity contribution in [3.63, 3.8) is 0 Å². The molecule has 1 aromatic carbocycles. The Labute approximate surface area is 107 Å². The number of carbonyl (C=O) groups excluding carboxylic acids is 2. The maximum absolute atomic E-state index is 11.5. The molecular weight excluding hydrogens is 228 g/mol. The molecule has 0 aliphatic rings. The van der Waals surface area contributed by atoms with Gasteiger partial charge >= 0.3 is 0 Å². The maximum Gasteiger partial charge on any atom is 0.243 e. The number of benzene rings is 1. The minimum Gasteiger partial charge on any atom is -0.352 e. The van der Waals surface area contributed by atoms with E-state index in [9.17, 15) is 9.59 Å². The van der Waals surface area contributed by atoms with E-state index in [-0.39, 0.29) is 18.2 Å². The maximum atomic E-state index is 11.5. The van der Waals surface area contributed by atoms with Crippen LogP contribution in [0.5, 0.6) is 0 Å². The third-order valence-electron chi connectivity index (χ3n) is 2.45. The number of hydrogen-bond donors (Lipinski definition) is 2. The van der Waals surface area contributed by atoms with Crippen LogP contribution in [0.25, 0.3) is 0 Å². The Bertz CT molecular complexity index is 424. The van der Waals surface area contributed by atoms with E-state index in [4.69, 9.17) is 0 Å². The molecule has 0 saturated heterocycles. The second-order valence-corrected chi connectivity index (χ2v) is 4.01. The first-order chi connectivity index (χ1) is 8.61. The van der Waals surface area contributed by atoms with Crippen LogP contribution in [-0.2, 0) is 16.1 Å². The summed E-state index contributed by atoms with van der Waals surface area (Å²) in [6, 6.07) is 7.97. The van der Waals surface area contributed by atoms with Gasteiger partial charge in [-0.25, -0.2) is 0 Å². The lowest BCUT2D eigenvalue weighted by atomic mass is 10.1. The van der Waals surface area contributed by atoms with Gasteiger partial charge in [-0.2, -0.15) is 0 Å². The standard InChI is InChI=1S/C14H18N2O2/c1-3-13(17)15-9-8-14(18)16-10-12-6-4-11(2)5-7-12/h3-7H,1,8-10H2,2H3,(H,15,17)(H,16,18). The normalized spacial score (nSPS) is 9.61. The van der Waals surface area contributed by atoms with Crippen LogP contribution in [0.3, 0.4) is 0 Å². The van der Waals surface area contributed by atoms with E-state index in [1.54, 1.807) is 0 Å². The molecule has 4 heteroatoms. The molecular formula is C14H18N2O2. The third kappa shape index (κ3) is 5.30. The van der Waals surface area contributed by atoms with Crippen molar-refractivity contribution in [2.45, 2.75) is 19.9 Å². The molecule has 1 aromatic rings. The van der Waals surface area contributed by atoms with Gasteiger partial charge < -0.3 is 10.6 Å². The minimum atomic E-state index is -0.263. The van der Waals surface area contributed by atoms with Crippen molar-refractivity contribution in [2.24, 2.45) is 0 Å². The number of rotatable bonds is 6. The van der Waals surface area contributed by atoms with E-state index in [1.807, 2.05) is 31.2 Å². The highest BCUT2D eigenvalue weighted by Crippen LogP contribution is 2.02. The summed E-state index contributed by atoms with van der Waals surface area (Å²) in [6.07, 6.45) is 1.45. The smallest absolute Gasteiger partial charge is 0.243 e. The molecule has 0 unspecified atom stereocenters. The van der Waals surface area contributed by atoms with Crippen molar-refractivity contribution in [2.75, 3.05) is 6.54 Å². The molecule has 0 atom stereocenters. The van der Waals surface area contributed by atoms with E-state index in [0.717, 1.165) is 5.56 Å². The summed E-state index contributed by atoms with van der Waals surface area (Å²) in [7, 11) is 0. The van der Waals surface area contributed by atoms with Crippen molar-refractivity contribution >= 4 is 11.8 Å². The van der Waals surface area contributed by atoms with Gasteiger partial charge in [-0.15, -0.1) is 0 Å². The van der Waals surface area contributed by atoms with E-state index >= 15 is 0 Å². The van der Waals surface area contributed by atoms with Crippen LogP contribution < -0.4 is 10.6 Å². The molecule has 2 amide bonds. The van der Waals surface area contributed by atoms with Gasteiger partial charge in [0.25, 0.3) is 0 Å². The minimum absolute atomic E-state index is 0.0834. The summed E-state index contributed by atoms with van der Waals surface area (Å²) in [4.78, 5) is 22.3. The molecule has 96 valence electrons. The lowest BCUT2D eigenvalue weighted by molar-refractivity contribution is -0.121. The van der Waals surface area contributed by atoms with Crippen LogP contribution in [0, 0.1) is 6.92 Å². The van der Waals surface area contributed by atoms with E-state index in [2.05, 4.69) is 17.2 Å². The zero-order valence-electron chi connectivity index (χ0n) is 10.5. The van der Waals surface area contributed by atoms with Crippen LogP contribution in [0.1, 0.15) is 17.5 Å². The Hall–Kier alpha value is -2.10. The van der Waals surface area contributed by atoms with E-state index in [0.29, 0.717) is 13.1 Å². The van der Waals surface area contributed by atoms with Crippen LogP contribution >= 0.6 is 0 Å². The van der Waals surface area contributed by atoms with Gasteiger partial charge in [-0.3, -0.25) is 9.59 Å². The summed E-state index contributed by atoms with van der Waals surface area (Å²) in [5.41, 5.74) is 2.25. The first kappa shape index (κ1) is 14.0. The molecule has 18 heavy (non-hydrogen) atoms. The zero-order valence-corrected chi connectivity index (χ0v) is 10.5. The molecule has 0 fully saturated rings. The molecule has 2 N–H and O–H groups in total. The molecule has 0 spiro atoms. The number of nitrogens with one attached hydrogen (secondary N) is 2. The second kappa shape index (κ2) is 7.27. The summed E-state index contributed by atoms with van der Waals surface area (Å²) in [5.74, 6) is -0.346. The Morgan fingerprint density at radius 2 is 1.89 bits per heavy atom. The Morgan fingerprint density at radius 3 is 2.50 bits per heavy atom. The van der Waals surface area contributed by atoms with Gasteiger partial charge in [0.15, 0.2) is 0 Å². The Kier molecular flexibility index (Phi) is 5.64. The van der Waals surface area contributed by atoms with E-state index < -0.39 is 0 Å². The fraction of sp³-hybridized carbons (Fsp3) is 0.286. The lowest BCUT2D eigenvalue weighted by Crippen LogP contribution is -2.29. The highest BCUT2D eigenvalue weighted by molar-refractivity contribution is 5.87. The average molecular weight is 246 g/mol. The third-order valence-corrected chi connectivity index (χ3v) is 2.45. The predicted molar refractivity (Wildman–Crippen MR) is 70.8 cm³/mol. The van der Waals surface area contributed by atoms with Crippen LogP contribution in [0.4, 0.5) is 0 Å². The summed E-state index contributed by atoms with van der Waals surface area (Å²) >= 11 is 0. The predicted octanol–water partition coefficient (Wildman–Crippen LogP) is 1.30. The SMILES string of the molecule is C=CC(=O)NCCC(=O)NCc1ccc(C)cc1.